The molecule has 0 unspecified atom stereocenters. The number of alkyl halides is 3. The molecule has 44 heavy (non-hydrogen) atoms. The van der Waals surface area contributed by atoms with Crippen molar-refractivity contribution in [1.82, 2.24) is 14.9 Å². The molecule has 3 N–H and O–H groups in total. The van der Waals surface area contributed by atoms with Gasteiger partial charge in [-0.05, 0) is 93.0 Å². The van der Waals surface area contributed by atoms with Crippen LogP contribution in [0.3, 0.4) is 0 Å². The minimum atomic E-state index is -4.57. The number of hydrogen-bond acceptors (Lipinski definition) is 7. The summed E-state index contributed by atoms with van der Waals surface area (Å²) in [7, 11) is 0. The van der Waals surface area contributed by atoms with Crippen molar-refractivity contribution in [3.05, 3.63) is 101 Å². The Morgan fingerprint density at radius 1 is 0.864 bits per heavy atom. The molecule has 2 heterocycles. The van der Waals surface area contributed by atoms with Crippen molar-refractivity contribution in [3.63, 3.8) is 0 Å². The first-order chi connectivity index (χ1) is 21.1. The number of nitrogens with zero attached hydrogens (tertiary/aromatic N) is 3. The average molecular weight is 605 g/mol. The minimum Gasteiger partial charge on any atom is -0.492 e. The van der Waals surface area contributed by atoms with Crippen LogP contribution >= 0.6 is 0 Å². The highest BCUT2D eigenvalue weighted by atomic mass is 19.4. The molecule has 0 bridgehead atoms. The second-order valence-electron chi connectivity index (χ2n) is 10.4. The molecule has 5 rings (SSSR count). The van der Waals surface area contributed by atoms with E-state index in [1.807, 2.05) is 24.3 Å². The summed E-state index contributed by atoms with van der Waals surface area (Å²) in [4.78, 5) is 36.5. The van der Waals surface area contributed by atoms with Gasteiger partial charge in [-0.3, -0.25) is 14.5 Å². The zero-order chi connectivity index (χ0) is 31.1. The number of aryl methyl sites for hydroxylation is 1. The zero-order valence-electron chi connectivity index (χ0n) is 23.9. The topological polar surface area (TPSA) is 108 Å². The summed E-state index contributed by atoms with van der Waals surface area (Å²) in [6.07, 6.45) is 0.843. The van der Waals surface area contributed by atoms with E-state index in [4.69, 9.17) is 4.74 Å². The van der Waals surface area contributed by atoms with Crippen LogP contribution in [0.15, 0.2) is 79.1 Å². The highest BCUT2D eigenvalue weighted by molar-refractivity contribution is 6.08. The van der Waals surface area contributed by atoms with Crippen LogP contribution in [0.2, 0.25) is 0 Å². The molecule has 12 heteroatoms. The molecular weight excluding hydrogens is 573 g/mol. The molecule has 1 fully saturated rings. The van der Waals surface area contributed by atoms with Gasteiger partial charge in [0.05, 0.1) is 23.6 Å². The highest BCUT2D eigenvalue weighted by Gasteiger charge is 2.31. The van der Waals surface area contributed by atoms with E-state index in [1.54, 1.807) is 19.1 Å². The third-order valence-corrected chi connectivity index (χ3v) is 7.09. The summed E-state index contributed by atoms with van der Waals surface area (Å²) >= 11 is 0. The van der Waals surface area contributed by atoms with Crippen LogP contribution in [0.4, 0.5) is 36.2 Å². The smallest absolute Gasteiger partial charge is 0.416 e. The largest absolute Gasteiger partial charge is 0.492 e. The number of benzene rings is 3. The third-order valence-electron chi connectivity index (χ3n) is 7.09. The van der Waals surface area contributed by atoms with Gasteiger partial charge in [-0.2, -0.15) is 13.2 Å². The summed E-state index contributed by atoms with van der Waals surface area (Å²) < 4.78 is 44.9. The van der Waals surface area contributed by atoms with Crippen molar-refractivity contribution < 1.29 is 27.5 Å². The number of carbonyl (C=O) groups is 2. The molecule has 228 valence electrons. The third kappa shape index (κ3) is 8.10. The van der Waals surface area contributed by atoms with Crippen LogP contribution in [-0.4, -0.2) is 52.9 Å². The van der Waals surface area contributed by atoms with Crippen LogP contribution in [0.25, 0.3) is 0 Å². The van der Waals surface area contributed by atoms with Gasteiger partial charge in [0.25, 0.3) is 11.8 Å². The Morgan fingerprint density at radius 3 is 2.25 bits per heavy atom. The number of aromatic nitrogens is 2. The normalized spacial score (nSPS) is 13.4. The highest BCUT2D eigenvalue weighted by Crippen LogP contribution is 2.30. The Hall–Kier alpha value is -4.97. The summed E-state index contributed by atoms with van der Waals surface area (Å²) in [6, 6.07) is 16.2. The fraction of sp³-hybridized carbons (Fsp3) is 0.250. The maximum Gasteiger partial charge on any atom is 0.416 e. The van der Waals surface area contributed by atoms with Crippen LogP contribution < -0.4 is 20.7 Å². The van der Waals surface area contributed by atoms with E-state index in [0.29, 0.717) is 23.8 Å². The molecule has 4 aromatic rings. The Bertz CT molecular complexity index is 1610. The zero-order valence-corrected chi connectivity index (χ0v) is 23.9. The van der Waals surface area contributed by atoms with E-state index in [0.717, 1.165) is 49.3 Å². The molecule has 0 atom stereocenters. The van der Waals surface area contributed by atoms with E-state index in [2.05, 4.69) is 30.8 Å². The van der Waals surface area contributed by atoms with Crippen molar-refractivity contribution in [1.29, 1.82) is 0 Å². The number of likely N-dealkylation sites (tertiary alicyclic amines) is 1. The molecule has 9 nitrogen and oxygen atoms in total. The average Bonchev–Trinajstić information content (AvgIpc) is 3.53. The molecular formula is C32H31F3N6O3. The summed E-state index contributed by atoms with van der Waals surface area (Å²) in [5.74, 6) is -0.0886. The van der Waals surface area contributed by atoms with Gasteiger partial charge in [0.15, 0.2) is 0 Å². The fourth-order valence-corrected chi connectivity index (χ4v) is 4.70. The van der Waals surface area contributed by atoms with Gasteiger partial charge in [0, 0.05) is 29.0 Å². The van der Waals surface area contributed by atoms with Gasteiger partial charge in [-0.25, -0.2) is 9.97 Å². The molecule has 0 aliphatic carbocycles. The summed E-state index contributed by atoms with van der Waals surface area (Å²) in [5, 5.41) is 8.38. The monoisotopic (exact) mass is 604 g/mol. The first kappa shape index (κ1) is 30.5. The molecule has 1 aromatic heterocycles. The number of anilines is 4. The first-order valence-electron chi connectivity index (χ1n) is 14.1. The standard InChI is InChI=1S/C32H31F3N6O3/c1-21-7-8-25(38-29(42)22-5-4-6-23(17-22)32(33,34)35)18-28(21)30(43)39-26-19-36-31(37-20-26)40-24-9-11-27(12-10-24)44-16-15-41-13-2-3-14-41/h4-12,17-20H,2-3,13-16H2,1H3,(H,38,42)(H,39,43)(H,36,37,40). The molecule has 0 radical (unpaired) electrons. The lowest BCUT2D eigenvalue weighted by Crippen LogP contribution is -2.25. The van der Waals surface area contributed by atoms with Crippen LogP contribution in [0.5, 0.6) is 5.75 Å². The van der Waals surface area contributed by atoms with Gasteiger partial charge in [0.1, 0.15) is 12.4 Å². The Labute approximate surface area is 252 Å². The molecule has 2 amide bonds. The lowest BCUT2D eigenvalue weighted by Gasteiger charge is -2.15. The number of carbonyl (C=O) groups excluding carboxylic acids is 2. The lowest BCUT2D eigenvalue weighted by atomic mass is 10.1. The summed E-state index contributed by atoms with van der Waals surface area (Å²) in [5.41, 5.74) is 1.17. The first-order valence-corrected chi connectivity index (χ1v) is 14.1. The number of hydrogen-bond donors (Lipinski definition) is 3. The van der Waals surface area contributed by atoms with Gasteiger partial charge in [-0.1, -0.05) is 12.1 Å². The number of halogens is 3. The van der Waals surface area contributed by atoms with E-state index < -0.39 is 23.6 Å². The Kier molecular flexibility index (Phi) is 9.39. The molecule has 1 aliphatic heterocycles. The second-order valence-corrected chi connectivity index (χ2v) is 10.4. The number of nitrogens with one attached hydrogen (secondary N) is 3. The number of rotatable bonds is 10. The fourth-order valence-electron chi connectivity index (χ4n) is 4.70. The minimum absolute atomic E-state index is 0.158. The van der Waals surface area contributed by atoms with Crippen molar-refractivity contribution in [3.8, 4) is 5.75 Å². The molecule has 1 aliphatic rings. The van der Waals surface area contributed by atoms with Crippen LogP contribution in [-0.2, 0) is 6.18 Å². The lowest BCUT2D eigenvalue weighted by molar-refractivity contribution is -0.137. The van der Waals surface area contributed by atoms with E-state index in [-0.39, 0.29) is 16.8 Å². The van der Waals surface area contributed by atoms with E-state index >= 15 is 0 Å². The van der Waals surface area contributed by atoms with Crippen LogP contribution in [0.1, 0.15) is 44.7 Å². The molecule has 1 saturated heterocycles. The SMILES string of the molecule is Cc1ccc(NC(=O)c2cccc(C(F)(F)F)c2)cc1C(=O)Nc1cnc(Nc2ccc(OCCN3CCCC3)cc2)nc1. The Balaban J connectivity index is 1.15. The van der Waals surface area contributed by atoms with Crippen molar-refractivity contribution >= 4 is 34.8 Å². The maximum atomic E-state index is 13.0. The van der Waals surface area contributed by atoms with Crippen molar-refractivity contribution in [2.45, 2.75) is 25.9 Å². The predicted octanol–water partition coefficient (Wildman–Crippen LogP) is 6.53. The molecule has 3 aromatic carbocycles. The number of ether oxygens (including phenoxy) is 1. The van der Waals surface area contributed by atoms with E-state index in [1.165, 1.54) is 37.4 Å². The van der Waals surface area contributed by atoms with Gasteiger partial charge in [0.2, 0.25) is 5.95 Å². The van der Waals surface area contributed by atoms with Gasteiger partial charge in [-0.15, -0.1) is 0 Å². The number of amides is 2. The predicted molar refractivity (Wildman–Crippen MR) is 161 cm³/mol. The quantitative estimate of drug-likeness (QED) is 0.189. The summed E-state index contributed by atoms with van der Waals surface area (Å²) in [6.45, 7) is 5.55. The second kappa shape index (κ2) is 13.6. The van der Waals surface area contributed by atoms with Crippen molar-refractivity contribution in [2.24, 2.45) is 0 Å². The van der Waals surface area contributed by atoms with Crippen LogP contribution in [0, 0.1) is 6.92 Å². The van der Waals surface area contributed by atoms with E-state index in [9.17, 15) is 22.8 Å². The van der Waals surface area contributed by atoms with Gasteiger partial charge < -0.3 is 20.7 Å². The van der Waals surface area contributed by atoms with Crippen molar-refractivity contribution in [2.75, 3.05) is 42.2 Å². The maximum absolute atomic E-state index is 13.0. The Morgan fingerprint density at radius 2 is 1.55 bits per heavy atom. The van der Waals surface area contributed by atoms with Gasteiger partial charge >= 0.3 is 6.18 Å². The molecule has 0 spiro atoms. The molecule has 0 saturated carbocycles.